The molecular weight excluding hydrogens is 299 g/mol. The summed E-state index contributed by atoms with van der Waals surface area (Å²) in [6.45, 7) is 3.97. The van der Waals surface area contributed by atoms with E-state index < -0.39 is 0 Å². The van der Waals surface area contributed by atoms with Crippen molar-refractivity contribution >= 4 is 21.8 Å². The van der Waals surface area contributed by atoms with E-state index in [0.717, 1.165) is 4.47 Å². The average molecular weight is 317 g/mol. The van der Waals surface area contributed by atoms with Crippen molar-refractivity contribution < 1.29 is 9.18 Å². The van der Waals surface area contributed by atoms with Gasteiger partial charge in [0.15, 0.2) is 0 Å². The predicted octanol–water partition coefficient (Wildman–Crippen LogP) is 2.23. The first-order valence-electron chi connectivity index (χ1n) is 5.89. The number of hydrogen-bond donors (Lipinski definition) is 2. The van der Waals surface area contributed by atoms with Gasteiger partial charge in [0.1, 0.15) is 5.82 Å². The molecule has 0 bridgehead atoms. The molecule has 0 saturated heterocycles. The molecule has 1 rings (SSSR count). The first kappa shape index (κ1) is 15.1. The highest BCUT2D eigenvalue weighted by Crippen LogP contribution is 2.15. The van der Waals surface area contributed by atoms with Crippen molar-refractivity contribution in [2.24, 2.45) is 11.7 Å². The van der Waals surface area contributed by atoms with E-state index in [1.54, 1.807) is 26.0 Å². The van der Waals surface area contributed by atoms with Crippen LogP contribution >= 0.6 is 15.9 Å². The normalized spacial score (nSPS) is 14.1. The predicted molar refractivity (Wildman–Crippen MR) is 73.6 cm³/mol. The summed E-state index contributed by atoms with van der Waals surface area (Å²) in [4.78, 5) is 11.6. The quantitative estimate of drug-likeness (QED) is 0.875. The molecule has 0 fully saturated rings. The lowest BCUT2D eigenvalue weighted by Crippen LogP contribution is -2.39. The summed E-state index contributed by atoms with van der Waals surface area (Å²) in [6.07, 6.45) is 0.461. The Labute approximate surface area is 115 Å². The number of halogens is 2. The molecule has 0 radical (unpaired) electrons. The topological polar surface area (TPSA) is 55.1 Å². The van der Waals surface area contributed by atoms with Gasteiger partial charge in [-0.05, 0) is 37.1 Å². The first-order chi connectivity index (χ1) is 8.41. The van der Waals surface area contributed by atoms with Crippen LogP contribution in [0.5, 0.6) is 0 Å². The second-order valence-electron chi connectivity index (χ2n) is 4.42. The Morgan fingerprint density at radius 2 is 2.17 bits per heavy atom. The van der Waals surface area contributed by atoms with Crippen LogP contribution in [0.4, 0.5) is 4.39 Å². The Kier molecular flexibility index (Phi) is 5.75. The van der Waals surface area contributed by atoms with E-state index >= 15 is 0 Å². The minimum Gasteiger partial charge on any atom is -0.355 e. The van der Waals surface area contributed by atoms with Crippen molar-refractivity contribution in [1.82, 2.24) is 5.32 Å². The fourth-order valence-corrected chi connectivity index (χ4v) is 1.86. The van der Waals surface area contributed by atoms with Crippen molar-refractivity contribution in [2.75, 3.05) is 6.54 Å². The molecule has 3 nitrogen and oxygen atoms in total. The van der Waals surface area contributed by atoms with Crippen LogP contribution in [0, 0.1) is 11.7 Å². The van der Waals surface area contributed by atoms with Gasteiger partial charge >= 0.3 is 0 Å². The number of rotatable bonds is 5. The first-order valence-corrected chi connectivity index (χ1v) is 6.68. The smallest absolute Gasteiger partial charge is 0.224 e. The van der Waals surface area contributed by atoms with Crippen molar-refractivity contribution in [3.8, 4) is 0 Å². The summed E-state index contributed by atoms with van der Waals surface area (Å²) in [6, 6.07) is 4.59. The summed E-state index contributed by atoms with van der Waals surface area (Å²) >= 11 is 3.29. The summed E-state index contributed by atoms with van der Waals surface area (Å²) in [5, 5.41) is 2.76. The zero-order valence-electron chi connectivity index (χ0n) is 10.5. The SMILES string of the molecule is CC(N)C(C)C(=O)NCCc1cc(Br)ccc1F. The van der Waals surface area contributed by atoms with Gasteiger partial charge in [-0.1, -0.05) is 22.9 Å². The van der Waals surface area contributed by atoms with E-state index in [4.69, 9.17) is 5.73 Å². The number of hydrogen-bond acceptors (Lipinski definition) is 2. The molecule has 3 N–H and O–H groups in total. The van der Waals surface area contributed by atoms with Gasteiger partial charge in [0.2, 0.25) is 5.91 Å². The molecule has 18 heavy (non-hydrogen) atoms. The van der Waals surface area contributed by atoms with Crippen molar-refractivity contribution in [2.45, 2.75) is 26.3 Å². The number of carbonyl (C=O) groups is 1. The van der Waals surface area contributed by atoms with Crippen molar-refractivity contribution in [3.05, 3.63) is 34.1 Å². The van der Waals surface area contributed by atoms with Crippen LogP contribution in [0.25, 0.3) is 0 Å². The molecule has 0 aliphatic rings. The maximum Gasteiger partial charge on any atom is 0.224 e. The number of benzene rings is 1. The van der Waals surface area contributed by atoms with Gasteiger partial charge in [0, 0.05) is 23.0 Å². The van der Waals surface area contributed by atoms with E-state index in [9.17, 15) is 9.18 Å². The highest BCUT2D eigenvalue weighted by Gasteiger charge is 2.16. The molecule has 1 amide bonds. The molecule has 100 valence electrons. The third-order valence-corrected chi connectivity index (χ3v) is 3.40. The van der Waals surface area contributed by atoms with E-state index in [1.165, 1.54) is 6.07 Å². The van der Waals surface area contributed by atoms with Crippen LogP contribution in [0.2, 0.25) is 0 Å². The molecule has 0 saturated carbocycles. The van der Waals surface area contributed by atoms with Gasteiger partial charge in [0.25, 0.3) is 0 Å². The molecule has 1 aromatic carbocycles. The molecular formula is C13H18BrFN2O. The molecule has 0 aliphatic carbocycles. The van der Waals surface area contributed by atoms with Gasteiger partial charge in [-0.3, -0.25) is 4.79 Å². The number of carbonyl (C=O) groups excluding carboxylic acids is 1. The van der Waals surface area contributed by atoms with Crippen LogP contribution in [-0.2, 0) is 11.2 Å². The lowest BCUT2D eigenvalue weighted by Gasteiger charge is -2.15. The van der Waals surface area contributed by atoms with E-state index in [-0.39, 0.29) is 23.7 Å². The Hall–Kier alpha value is -0.940. The lowest BCUT2D eigenvalue weighted by molar-refractivity contribution is -0.124. The molecule has 1 aromatic rings. The van der Waals surface area contributed by atoms with E-state index in [0.29, 0.717) is 18.5 Å². The van der Waals surface area contributed by atoms with Crippen LogP contribution in [-0.4, -0.2) is 18.5 Å². The van der Waals surface area contributed by atoms with Crippen LogP contribution in [0.3, 0.4) is 0 Å². The monoisotopic (exact) mass is 316 g/mol. The third-order valence-electron chi connectivity index (χ3n) is 2.90. The average Bonchev–Trinajstić information content (AvgIpc) is 2.32. The molecule has 5 heteroatoms. The number of nitrogens with one attached hydrogen (secondary N) is 1. The maximum atomic E-state index is 13.4. The fourth-order valence-electron chi connectivity index (χ4n) is 1.46. The second kappa shape index (κ2) is 6.85. The lowest BCUT2D eigenvalue weighted by atomic mass is 10.0. The number of amides is 1. The van der Waals surface area contributed by atoms with Crippen LogP contribution in [0.1, 0.15) is 19.4 Å². The zero-order valence-corrected chi connectivity index (χ0v) is 12.1. The van der Waals surface area contributed by atoms with Gasteiger partial charge in [-0.25, -0.2) is 4.39 Å². The van der Waals surface area contributed by atoms with Crippen LogP contribution < -0.4 is 11.1 Å². The summed E-state index contributed by atoms with van der Waals surface area (Å²) < 4.78 is 14.3. The molecule has 2 atom stereocenters. The summed E-state index contributed by atoms with van der Waals surface area (Å²) in [7, 11) is 0. The maximum absolute atomic E-state index is 13.4. The third kappa shape index (κ3) is 4.38. The Bertz CT molecular complexity index is 423. The number of nitrogens with two attached hydrogens (primary N) is 1. The van der Waals surface area contributed by atoms with Gasteiger partial charge in [0.05, 0.1) is 0 Å². The van der Waals surface area contributed by atoms with Gasteiger partial charge < -0.3 is 11.1 Å². The van der Waals surface area contributed by atoms with Gasteiger partial charge in [-0.15, -0.1) is 0 Å². The van der Waals surface area contributed by atoms with E-state index in [1.807, 2.05) is 0 Å². The molecule has 0 aromatic heterocycles. The largest absolute Gasteiger partial charge is 0.355 e. The highest BCUT2D eigenvalue weighted by atomic mass is 79.9. The van der Waals surface area contributed by atoms with Crippen molar-refractivity contribution in [1.29, 1.82) is 0 Å². The summed E-state index contributed by atoms with van der Waals surface area (Å²) in [5.41, 5.74) is 6.22. The zero-order chi connectivity index (χ0) is 13.7. The standard InChI is InChI=1S/C13H18BrFN2O/c1-8(9(2)16)13(18)17-6-5-10-7-11(14)3-4-12(10)15/h3-4,7-9H,5-6,16H2,1-2H3,(H,17,18). The minimum atomic E-state index is -0.257. The minimum absolute atomic E-state index is 0.0968. The highest BCUT2D eigenvalue weighted by molar-refractivity contribution is 9.10. The van der Waals surface area contributed by atoms with Crippen molar-refractivity contribution in [3.63, 3.8) is 0 Å². The second-order valence-corrected chi connectivity index (χ2v) is 5.34. The molecule has 0 heterocycles. The molecule has 0 spiro atoms. The Balaban J connectivity index is 2.47. The van der Waals surface area contributed by atoms with Crippen LogP contribution in [0.15, 0.2) is 22.7 Å². The summed E-state index contributed by atoms with van der Waals surface area (Å²) in [5.74, 6) is -0.592. The Morgan fingerprint density at radius 3 is 2.78 bits per heavy atom. The van der Waals surface area contributed by atoms with E-state index in [2.05, 4.69) is 21.2 Å². The van der Waals surface area contributed by atoms with Gasteiger partial charge in [-0.2, -0.15) is 0 Å². The Morgan fingerprint density at radius 1 is 1.50 bits per heavy atom. The molecule has 2 unspecified atom stereocenters. The molecule has 0 aliphatic heterocycles. The fraction of sp³-hybridized carbons (Fsp3) is 0.462.